The number of nitrogens with zero attached hydrogens (tertiary/aromatic N) is 3. The number of esters is 1. The Labute approximate surface area is 131 Å². The van der Waals surface area contributed by atoms with Gasteiger partial charge in [-0.1, -0.05) is 6.07 Å². The molecule has 1 unspecified atom stereocenters. The summed E-state index contributed by atoms with van der Waals surface area (Å²) in [6, 6.07) is 4.36. The number of azo groups is 1. The molecule has 1 heterocycles. The third kappa shape index (κ3) is 3.57. The van der Waals surface area contributed by atoms with Crippen molar-refractivity contribution in [1.29, 1.82) is 0 Å². The number of nitro benzene ring substituents is 1. The van der Waals surface area contributed by atoms with Gasteiger partial charge in [-0.05, 0) is 19.9 Å². The third-order valence-corrected chi connectivity index (χ3v) is 3.06. The van der Waals surface area contributed by atoms with Gasteiger partial charge in [0.1, 0.15) is 0 Å². The maximum atomic E-state index is 11.9. The van der Waals surface area contributed by atoms with E-state index in [2.05, 4.69) is 15.5 Å². The van der Waals surface area contributed by atoms with E-state index < -0.39 is 22.8 Å². The van der Waals surface area contributed by atoms with Gasteiger partial charge in [0.2, 0.25) is 0 Å². The molecular formula is C14H14N4O5. The van der Waals surface area contributed by atoms with Crippen LogP contribution in [0, 0.1) is 10.1 Å². The monoisotopic (exact) mass is 318 g/mol. The smallest absolute Gasteiger partial charge is 0.338 e. The molecule has 1 amide bonds. The van der Waals surface area contributed by atoms with Gasteiger partial charge in [0.05, 0.1) is 22.8 Å². The van der Waals surface area contributed by atoms with Crippen molar-refractivity contribution in [2.75, 3.05) is 6.61 Å². The largest absolute Gasteiger partial charge is 0.463 e. The van der Waals surface area contributed by atoms with Crippen LogP contribution in [0.1, 0.15) is 13.8 Å². The van der Waals surface area contributed by atoms with Gasteiger partial charge in [0.25, 0.3) is 11.6 Å². The lowest BCUT2D eigenvalue weighted by Gasteiger charge is -2.06. The van der Waals surface area contributed by atoms with Crippen molar-refractivity contribution >= 4 is 23.3 Å². The Morgan fingerprint density at radius 2 is 2.22 bits per heavy atom. The number of carbonyl (C=O) groups excluding carboxylic acids is 2. The normalized spacial score (nSPS) is 17.5. The van der Waals surface area contributed by atoms with Crippen LogP contribution in [0.2, 0.25) is 0 Å². The van der Waals surface area contributed by atoms with Crippen LogP contribution in [0.5, 0.6) is 0 Å². The van der Waals surface area contributed by atoms with E-state index >= 15 is 0 Å². The molecule has 0 radical (unpaired) electrons. The van der Waals surface area contributed by atoms with Crippen molar-refractivity contribution in [3.05, 3.63) is 45.6 Å². The molecule has 120 valence electrons. The summed E-state index contributed by atoms with van der Waals surface area (Å²) < 4.78 is 4.90. The number of ether oxygens (including phenoxy) is 1. The number of hydrogen-bond donors (Lipinski definition) is 1. The number of allylic oxidation sites excluding steroid dienone is 1. The number of carbonyl (C=O) groups is 2. The lowest BCUT2D eigenvalue weighted by Crippen LogP contribution is -2.26. The second-order valence-corrected chi connectivity index (χ2v) is 4.64. The molecule has 1 aliphatic heterocycles. The second-order valence-electron chi connectivity index (χ2n) is 4.64. The van der Waals surface area contributed by atoms with Crippen molar-refractivity contribution in [2.45, 2.75) is 19.9 Å². The number of rotatable bonds is 5. The molecule has 1 aromatic rings. The van der Waals surface area contributed by atoms with E-state index in [0.717, 1.165) is 0 Å². The van der Waals surface area contributed by atoms with Crippen molar-refractivity contribution in [3.63, 3.8) is 0 Å². The van der Waals surface area contributed by atoms with E-state index in [9.17, 15) is 19.7 Å². The SMILES string of the molecule is CCOC(=O)C1=C(C)NC(=O)C1N=Nc1cccc([N+](=O)[O-])c1. The Kier molecular flexibility index (Phi) is 4.79. The summed E-state index contributed by atoms with van der Waals surface area (Å²) in [5.74, 6) is -1.15. The number of hydrogen-bond acceptors (Lipinski definition) is 7. The first-order valence-electron chi connectivity index (χ1n) is 6.78. The zero-order chi connectivity index (χ0) is 17.0. The van der Waals surface area contributed by atoms with Crippen molar-refractivity contribution in [3.8, 4) is 0 Å². The fourth-order valence-corrected chi connectivity index (χ4v) is 2.03. The Morgan fingerprint density at radius 3 is 2.87 bits per heavy atom. The number of nitrogens with one attached hydrogen (secondary N) is 1. The van der Waals surface area contributed by atoms with E-state index in [1.807, 2.05) is 0 Å². The van der Waals surface area contributed by atoms with E-state index in [4.69, 9.17) is 4.74 Å². The molecule has 9 heteroatoms. The lowest BCUT2D eigenvalue weighted by molar-refractivity contribution is -0.384. The second kappa shape index (κ2) is 6.77. The zero-order valence-corrected chi connectivity index (χ0v) is 12.5. The van der Waals surface area contributed by atoms with Crippen LogP contribution in [-0.2, 0) is 14.3 Å². The Bertz CT molecular complexity index is 726. The van der Waals surface area contributed by atoms with Gasteiger partial charge in [-0.25, -0.2) is 4.79 Å². The summed E-state index contributed by atoms with van der Waals surface area (Å²) in [6.07, 6.45) is 0. The maximum Gasteiger partial charge on any atom is 0.338 e. The molecule has 1 N–H and O–H groups in total. The van der Waals surface area contributed by atoms with Gasteiger partial charge in [0, 0.05) is 17.8 Å². The van der Waals surface area contributed by atoms with Crippen LogP contribution in [0.4, 0.5) is 11.4 Å². The molecule has 0 aliphatic carbocycles. The average molecular weight is 318 g/mol. The minimum atomic E-state index is -1.13. The molecule has 23 heavy (non-hydrogen) atoms. The van der Waals surface area contributed by atoms with Gasteiger partial charge < -0.3 is 10.1 Å². The average Bonchev–Trinajstić information content (AvgIpc) is 2.79. The molecule has 0 spiro atoms. The molecule has 0 saturated heterocycles. The highest BCUT2D eigenvalue weighted by molar-refractivity contribution is 6.04. The van der Waals surface area contributed by atoms with Crippen LogP contribution in [0.25, 0.3) is 0 Å². The highest BCUT2D eigenvalue weighted by Gasteiger charge is 2.37. The summed E-state index contributed by atoms with van der Waals surface area (Å²) in [4.78, 5) is 33.9. The zero-order valence-electron chi connectivity index (χ0n) is 12.5. The molecule has 9 nitrogen and oxygen atoms in total. The Balaban J connectivity index is 2.26. The molecule has 0 bridgehead atoms. The Morgan fingerprint density at radius 1 is 1.48 bits per heavy atom. The third-order valence-electron chi connectivity index (χ3n) is 3.06. The van der Waals surface area contributed by atoms with Gasteiger partial charge in [-0.3, -0.25) is 14.9 Å². The topological polar surface area (TPSA) is 123 Å². The fourth-order valence-electron chi connectivity index (χ4n) is 2.03. The van der Waals surface area contributed by atoms with Crippen LogP contribution in [-0.4, -0.2) is 29.4 Å². The number of non-ortho nitro benzene ring substituents is 1. The van der Waals surface area contributed by atoms with Crippen molar-refractivity contribution in [1.82, 2.24) is 5.32 Å². The van der Waals surface area contributed by atoms with Gasteiger partial charge in [0.15, 0.2) is 6.04 Å². The van der Waals surface area contributed by atoms with E-state index in [-0.39, 0.29) is 23.6 Å². The summed E-state index contributed by atoms with van der Waals surface area (Å²) >= 11 is 0. The van der Waals surface area contributed by atoms with Crippen molar-refractivity contribution in [2.24, 2.45) is 10.2 Å². The van der Waals surface area contributed by atoms with Crippen LogP contribution in [0.15, 0.2) is 45.8 Å². The Hall–Kier alpha value is -3.10. The molecule has 0 aromatic heterocycles. The molecule has 1 atom stereocenters. The standard InChI is InChI=1S/C14H14N4O5/c1-3-23-14(20)11-8(2)15-13(19)12(11)17-16-9-5-4-6-10(7-9)18(21)22/h4-7,12H,3H2,1-2H3,(H,15,19). The first-order chi connectivity index (χ1) is 10.9. The van der Waals surface area contributed by atoms with E-state index in [1.54, 1.807) is 13.8 Å². The molecule has 0 saturated carbocycles. The molecular weight excluding hydrogens is 304 g/mol. The van der Waals surface area contributed by atoms with Gasteiger partial charge in [-0.15, -0.1) is 0 Å². The number of nitro groups is 1. The highest BCUT2D eigenvalue weighted by atomic mass is 16.6. The van der Waals surface area contributed by atoms with E-state index in [0.29, 0.717) is 5.70 Å². The summed E-state index contributed by atoms with van der Waals surface area (Å²) in [5.41, 5.74) is 0.511. The van der Waals surface area contributed by atoms with Crippen molar-refractivity contribution < 1.29 is 19.2 Å². The van der Waals surface area contributed by atoms with Crippen LogP contribution >= 0.6 is 0 Å². The summed E-state index contributed by atoms with van der Waals surface area (Å²) in [5, 5.41) is 20.9. The number of benzene rings is 1. The number of amides is 1. The quantitative estimate of drug-likeness (QED) is 0.385. The first-order valence-corrected chi connectivity index (χ1v) is 6.78. The maximum absolute atomic E-state index is 11.9. The molecule has 1 aromatic carbocycles. The minimum Gasteiger partial charge on any atom is -0.463 e. The minimum absolute atomic E-state index is 0.0889. The van der Waals surface area contributed by atoms with Crippen LogP contribution in [0.3, 0.4) is 0 Å². The summed E-state index contributed by atoms with van der Waals surface area (Å²) in [7, 11) is 0. The summed E-state index contributed by atoms with van der Waals surface area (Å²) in [6.45, 7) is 3.38. The predicted molar refractivity (Wildman–Crippen MR) is 78.9 cm³/mol. The van der Waals surface area contributed by atoms with E-state index in [1.165, 1.54) is 24.3 Å². The van der Waals surface area contributed by atoms with Gasteiger partial charge in [-0.2, -0.15) is 10.2 Å². The predicted octanol–water partition coefficient (Wildman–Crippen LogP) is 2.01. The van der Waals surface area contributed by atoms with Gasteiger partial charge >= 0.3 is 5.97 Å². The first kappa shape index (κ1) is 16.3. The highest BCUT2D eigenvalue weighted by Crippen LogP contribution is 2.24. The fraction of sp³-hybridized carbons (Fsp3) is 0.286. The molecule has 2 rings (SSSR count). The lowest BCUT2D eigenvalue weighted by atomic mass is 10.1. The molecule has 1 aliphatic rings. The molecule has 0 fully saturated rings. The van der Waals surface area contributed by atoms with Crippen LogP contribution < -0.4 is 5.32 Å².